The molecule has 3 N–H and O–H groups in total. The highest BCUT2D eigenvalue weighted by atomic mass is 19.4. The summed E-state index contributed by atoms with van der Waals surface area (Å²) in [7, 11) is 0. The van der Waals surface area contributed by atoms with Crippen molar-refractivity contribution < 1.29 is 31.4 Å². The Kier molecular flexibility index (Phi) is 5.36. The molecule has 11 heteroatoms. The van der Waals surface area contributed by atoms with E-state index in [9.17, 15) is 26.3 Å². The Hall–Kier alpha value is -2.56. The van der Waals surface area contributed by atoms with E-state index >= 15 is 0 Å². The topological polar surface area (TPSA) is 70.1 Å². The lowest BCUT2D eigenvalue weighted by molar-refractivity contribution is -0.141. The smallest absolute Gasteiger partial charge is 0.394 e. The quantitative estimate of drug-likeness (QED) is 0.559. The third-order valence-electron chi connectivity index (χ3n) is 2.96. The van der Waals surface area contributed by atoms with Crippen LogP contribution in [0.25, 0.3) is 0 Å². The van der Waals surface area contributed by atoms with Gasteiger partial charge >= 0.3 is 6.18 Å². The van der Waals surface area contributed by atoms with Crippen LogP contribution in [0, 0.1) is 17.5 Å². The molecule has 0 bridgehead atoms. The van der Waals surface area contributed by atoms with Crippen molar-refractivity contribution in [3.63, 3.8) is 0 Å². The first-order valence-corrected chi connectivity index (χ1v) is 6.86. The summed E-state index contributed by atoms with van der Waals surface area (Å²) in [6.07, 6.45) is -4.86. The summed E-state index contributed by atoms with van der Waals surface area (Å²) in [5.74, 6) is -5.36. The van der Waals surface area contributed by atoms with Gasteiger partial charge in [-0.25, -0.2) is 18.2 Å². The van der Waals surface area contributed by atoms with Gasteiger partial charge in [0.1, 0.15) is 17.3 Å². The van der Waals surface area contributed by atoms with E-state index in [4.69, 9.17) is 5.11 Å². The second-order valence-electron chi connectivity index (χ2n) is 5.03. The molecule has 0 fully saturated rings. The number of benzene rings is 1. The van der Waals surface area contributed by atoms with Crippen molar-refractivity contribution in [2.24, 2.45) is 0 Å². The van der Waals surface area contributed by atoms with Crippen molar-refractivity contribution in [3.05, 3.63) is 41.3 Å². The number of aliphatic hydroxyl groups excluding tert-OH is 1. The van der Waals surface area contributed by atoms with E-state index in [0.717, 1.165) is 0 Å². The summed E-state index contributed by atoms with van der Waals surface area (Å²) < 4.78 is 79.3. The van der Waals surface area contributed by atoms with Crippen molar-refractivity contribution in [2.75, 3.05) is 17.2 Å². The molecule has 2 rings (SSSR count). The Morgan fingerprint density at radius 1 is 1.12 bits per heavy atom. The number of rotatable bonds is 5. The molecular weight excluding hydrogens is 354 g/mol. The summed E-state index contributed by atoms with van der Waals surface area (Å²) in [4.78, 5) is 6.88. The number of nitrogens with zero attached hydrogens (tertiary/aromatic N) is 2. The van der Waals surface area contributed by atoms with E-state index in [2.05, 4.69) is 15.3 Å². The predicted octanol–water partition coefficient (Wildman–Crippen LogP) is 3.45. The van der Waals surface area contributed by atoms with Gasteiger partial charge in [-0.1, -0.05) is 0 Å². The van der Waals surface area contributed by atoms with Gasteiger partial charge in [-0.05, 0) is 19.1 Å². The zero-order chi connectivity index (χ0) is 18.8. The number of hydrogen-bond donors (Lipinski definition) is 3. The minimum Gasteiger partial charge on any atom is -0.394 e. The van der Waals surface area contributed by atoms with Gasteiger partial charge < -0.3 is 15.7 Å². The van der Waals surface area contributed by atoms with Crippen LogP contribution in [0.3, 0.4) is 0 Å². The predicted molar refractivity (Wildman–Crippen MR) is 76.8 cm³/mol. The minimum atomic E-state index is -4.86. The van der Waals surface area contributed by atoms with Crippen molar-refractivity contribution in [2.45, 2.75) is 19.1 Å². The minimum absolute atomic E-state index is 0.415. The second kappa shape index (κ2) is 7.13. The Morgan fingerprint density at radius 2 is 1.76 bits per heavy atom. The standard InChI is InChI=1S/C14H12F6N4O/c1-6(5-25)21-13-22-9(14(18,19)20)4-10(24-13)23-12-8(16)3-2-7(15)11(12)17/h2-4,6,25H,5H2,1H3,(H2,21,22,23,24)/t6-/m0/s1. The fourth-order valence-electron chi connectivity index (χ4n) is 1.76. The lowest BCUT2D eigenvalue weighted by Crippen LogP contribution is -2.22. The van der Waals surface area contributed by atoms with Gasteiger partial charge in [-0.3, -0.25) is 0 Å². The van der Waals surface area contributed by atoms with E-state index in [1.54, 1.807) is 0 Å². The van der Waals surface area contributed by atoms with Crippen LogP contribution in [0.1, 0.15) is 12.6 Å². The van der Waals surface area contributed by atoms with Crippen LogP contribution in [-0.2, 0) is 6.18 Å². The molecule has 25 heavy (non-hydrogen) atoms. The first-order valence-electron chi connectivity index (χ1n) is 6.86. The molecule has 0 saturated heterocycles. The number of nitrogens with one attached hydrogen (secondary N) is 2. The number of halogens is 6. The molecule has 0 aliphatic rings. The maximum atomic E-state index is 13.7. The lowest BCUT2D eigenvalue weighted by Gasteiger charge is -2.15. The molecule has 0 aliphatic carbocycles. The first kappa shape index (κ1) is 18.8. The average molecular weight is 366 g/mol. The van der Waals surface area contributed by atoms with E-state index in [-0.39, 0.29) is 0 Å². The van der Waals surface area contributed by atoms with Crippen LogP contribution in [0.4, 0.5) is 43.8 Å². The molecule has 1 aromatic heterocycles. The maximum absolute atomic E-state index is 13.7. The molecule has 0 aliphatic heterocycles. The van der Waals surface area contributed by atoms with Gasteiger partial charge in [0.2, 0.25) is 5.95 Å². The molecule has 1 aromatic carbocycles. The van der Waals surface area contributed by atoms with E-state index in [0.29, 0.717) is 18.2 Å². The normalized spacial score (nSPS) is 12.8. The highest BCUT2D eigenvalue weighted by Crippen LogP contribution is 2.31. The fraction of sp³-hybridized carbons (Fsp3) is 0.286. The van der Waals surface area contributed by atoms with Crippen molar-refractivity contribution in [3.8, 4) is 0 Å². The maximum Gasteiger partial charge on any atom is 0.433 e. The Balaban J connectivity index is 2.46. The molecule has 1 atom stereocenters. The number of alkyl halides is 3. The highest BCUT2D eigenvalue weighted by molar-refractivity contribution is 5.59. The van der Waals surface area contributed by atoms with Gasteiger partial charge in [-0.15, -0.1) is 0 Å². The van der Waals surface area contributed by atoms with Crippen LogP contribution in [0.2, 0.25) is 0 Å². The SMILES string of the molecule is C[C@@H](CO)Nc1nc(Nc2c(F)ccc(F)c2F)cc(C(F)(F)F)n1. The zero-order valence-corrected chi connectivity index (χ0v) is 12.6. The molecular formula is C14H12F6N4O. The summed E-state index contributed by atoms with van der Waals surface area (Å²) >= 11 is 0. The second-order valence-corrected chi connectivity index (χ2v) is 5.03. The third-order valence-corrected chi connectivity index (χ3v) is 2.96. The van der Waals surface area contributed by atoms with Gasteiger partial charge in [0, 0.05) is 12.1 Å². The molecule has 1 heterocycles. The van der Waals surface area contributed by atoms with Crippen molar-refractivity contribution >= 4 is 17.5 Å². The van der Waals surface area contributed by atoms with Crippen LogP contribution in [0.5, 0.6) is 0 Å². The number of aliphatic hydroxyl groups is 1. The molecule has 136 valence electrons. The molecule has 0 radical (unpaired) electrons. The summed E-state index contributed by atoms with van der Waals surface area (Å²) in [6, 6.07) is 0.879. The molecule has 2 aromatic rings. The Labute approximate surface area is 137 Å². The number of anilines is 3. The third kappa shape index (κ3) is 4.50. The molecule has 0 saturated carbocycles. The van der Waals surface area contributed by atoms with Crippen molar-refractivity contribution in [1.82, 2.24) is 9.97 Å². The van der Waals surface area contributed by atoms with Gasteiger partial charge in [0.25, 0.3) is 0 Å². The zero-order valence-electron chi connectivity index (χ0n) is 12.6. The Bertz CT molecular complexity index is 768. The monoisotopic (exact) mass is 366 g/mol. The average Bonchev–Trinajstić information content (AvgIpc) is 2.54. The number of aromatic nitrogens is 2. The summed E-state index contributed by atoms with van der Waals surface area (Å²) in [5.41, 5.74) is -2.39. The number of hydrogen-bond acceptors (Lipinski definition) is 5. The Morgan fingerprint density at radius 3 is 2.36 bits per heavy atom. The van der Waals surface area contributed by atoms with E-state index in [1.807, 2.05) is 5.32 Å². The summed E-state index contributed by atoms with van der Waals surface area (Å²) in [6.45, 7) is 1.03. The molecule has 0 amide bonds. The van der Waals surface area contributed by atoms with Gasteiger partial charge in [0.05, 0.1) is 6.61 Å². The van der Waals surface area contributed by atoms with Gasteiger partial charge in [-0.2, -0.15) is 18.2 Å². The largest absolute Gasteiger partial charge is 0.433 e. The van der Waals surface area contributed by atoms with Crippen molar-refractivity contribution in [1.29, 1.82) is 0 Å². The highest BCUT2D eigenvalue weighted by Gasteiger charge is 2.34. The summed E-state index contributed by atoms with van der Waals surface area (Å²) in [5, 5.41) is 13.3. The van der Waals surface area contributed by atoms with E-state index in [1.165, 1.54) is 6.92 Å². The molecule has 5 nitrogen and oxygen atoms in total. The molecule has 0 unspecified atom stereocenters. The fourth-order valence-corrected chi connectivity index (χ4v) is 1.76. The van der Waals surface area contributed by atoms with Gasteiger partial charge in [0.15, 0.2) is 17.3 Å². The van der Waals surface area contributed by atoms with Crippen LogP contribution < -0.4 is 10.6 Å². The molecule has 0 spiro atoms. The van der Waals surface area contributed by atoms with E-state index < -0.39 is 59.4 Å². The van der Waals surface area contributed by atoms with Crippen LogP contribution in [0.15, 0.2) is 18.2 Å². The first-order chi connectivity index (χ1) is 11.6. The van der Waals surface area contributed by atoms with Crippen LogP contribution in [-0.4, -0.2) is 27.7 Å². The lowest BCUT2D eigenvalue weighted by atomic mass is 10.2. The van der Waals surface area contributed by atoms with Crippen LogP contribution >= 0.6 is 0 Å².